The molecule has 0 bridgehead atoms. The van der Waals surface area contributed by atoms with Crippen LogP contribution in [0.2, 0.25) is 5.02 Å². The number of nitrogens with one attached hydrogen (secondary N) is 1. The van der Waals surface area contributed by atoms with Crippen LogP contribution in [0.1, 0.15) is 6.42 Å². The summed E-state index contributed by atoms with van der Waals surface area (Å²) in [6.07, 6.45) is 0.723. The van der Waals surface area contributed by atoms with Gasteiger partial charge >= 0.3 is 5.97 Å². The van der Waals surface area contributed by atoms with Gasteiger partial charge in [0.05, 0.1) is 7.11 Å². The van der Waals surface area contributed by atoms with Crippen molar-refractivity contribution in [1.82, 2.24) is 5.32 Å². The standard InChI is InChI=1S/C12H16ClNO2S/c1-14-11(12(15)16-2)6-7-17-10-5-3-4-9(13)8-10/h3-5,8,11,14H,6-7H2,1-2H3. The lowest BCUT2D eigenvalue weighted by atomic mass is 10.2. The second-order valence-corrected chi connectivity index (χ2v) is 5.06. The van der Waals surface area contributed by atoms with E-state index in [1.54, 1.807) is 18.8 Å². The van der Waals surface area contributed by atoms with Crippen LogP contribution in [0.4, 0.5) is 0 Å². The van der Waals surface area contributed by atoms with Crippen LogP contribution >= 0.6 is 23.4 Å². The minimum atomic E-state index is -0.244. The van der Waals surface area contributed by atoms with Crippen LogP contribution < -0.4 is 5.32 Å². The minimum Gasteiger partial charge on any atom is -0.468 e. The molecule has 1 rings (SSSR count). The first-order chi connectivity index (χ1) is 8.17. The topological polar surface area (TPSA) is 38.3 Å². The molecule has 0 aliphatic carbocycles. The molecule has 1 aromatic carbocycles. The number of thioether (sulfide) groups is 1. The van der Waals surface area contributed by atoms with Crippen molar-refractivity contribution < 1.29 is 9.53 Å². The molecule has 0 heterocycles. The molecular formula is C12H16ClNO2S. The highest BCUT2D eigenvalue weighted by Gasteiger charge is 2.15. The van der Waals surface area contributed by atoms with E-state index in [-0.39, 0.29) is 12.0 Å². The van der Waals surface area contributed by atoms with E-state index >= 15 is 0 Å². The number of ether oxygens (including phenoxy) is 1. The summed E-state index contributed by atoms with van der Waals surface area (Å²) in [5.41, 5.74) is 0. The van der Waals surface area contributed by atoms with Crippen molar-refractivity contribution in [2.24, 2.45) is 0 Å². The fraction of sp³-hybridized carbons (Fsp3) is 0.417. The Hall–Kier alpha value is -0.710. The zero-order chi connectivity index (χ0) is 12.7. The molecular weight excluding hydrogens is 258 g/mol. The Bertz CT molecular complexity index is 373. The molecule has 0 saturated heterocycles. The van der Waals surface area contributed by atoms with Crippen molar-refractivity contribution in [2.45, 2.75) is 17.4 Å². The van der Waals surface area contributed by atoms with E-state index in [0.29, 0.717) is 0 Å². The van der Waals surface area contributed by atoms with Gasteiger partial charge in [0, 0.05) is 15.7 Å². The largest absolute Gasteiger partial charge is 0.468 e. The van der Waals surface area contributed by atoms with Crippen molar-refractivity contribution in [2.75, 3.05) is 19.9 Å². The van der Waals surface area contributed by atoms with Crippen molar-refractivity contribution in [3.05, 3.63) is 29.3 Å². The highest BCUT2D eigenvalue weighted by molar-refractivity contribution is 7.99. The van der Waals surface area contributed by atoms with Crippen LogP contribution in [0.25, 0.3) is 0 Å². The average molecular weight is 274 g/mol. The molecule has 1 aromatic rings. The number of benzene rings is 1. The number of carbonyl (C=O) groups excluding carboxylic acids is 1. The van der Waals surface area contributed by atoms with Gasteiger partial charge in [0.25, 0.3) is 0 Å². The van der Waals surface area contributed by atoms with Crippen LogP contribution in [0.3, 0.4) is 0 Å². The third-order valence-electron chi connectivity index (χ3n) is 2.31. The molecule has 17 heavy (non-hydrogen) atoms. The summed E-state index contributed by atoms with van der Waals surface area (Å²) in [6.45, 7) is 0. The molecule has 0 amide bonds. The average Bonchev–Trinajstić information content (AvgIpc) is 2.34. The number of esters is 1. The number of halogens is 1. The Balaban J connectivity index is 2.38. The van der Waals surface area contributed by atoms with Gasteiger partial charge in [-0.05, 0) is 31.7 Å². The number of hydrogen-bond donors (Lipinski definition) is 1. The monoisotopic (exact) mass is 273 g/mol. The summed E-state index contributed by atoms with van der Waals surface area (Å²) in [5.74, 6) is 0.611. The molecule has 0 fully saturated rings. The van der Waals surface area contributed by atoms with Gasteiger partial charge in [0.15, 0.2) is 0 Å². The van der Waals surface area contributed by atoms with Crippen molar-refractivity contribution >= 4 is 29.3 Å². The summed E-state index contributed by atoms with van der Waals surface area (Å²) >= 11 is 7.56. The summed E-state index contributed by atoms with van der Waals surface area (Å²) in [7, 11) is 3.16. The van der Waals surface area contributed by atoms with E-state index in [0.717, 1.165) is 22.1 Å². The number of rotatable bonds is 6. The summed E-state index contributed by atoms with van der Waals surface area (Å²) in [6, 6.07) is 7.44. The predicted octanol–water partition coefficient (Wildman–Crippen LogP) is 2.58. The van der Waals surface area contributed by atoms with E-state index in [1.165, 1.54) is 7.11 Å². The number of hydrogen-bond acceptors (Lipinski definition) is 4. The molecule has 0 aromatic heterocycles. The smallest absolute Gasteiger partial charge is 0.322 e. The summed E-state index contributed by atoms with van der Waals surface area (Å²) in [5, 5.41) is 3.67. The minimum absolute atomic E-state index is 0.223. The number of likely N-dealkylation sites (N-methyl/N-ethyl adjacent to an activating group) is 1. The third kappa shape index (κ3) is 4.98. The number of carbonyl (C=O) groups is 1. The van der Waals surface area contributed by atoms with Crippen LogP contribution in [0.5, 0.6) is 0 Å². The first-order valence-corrected chi connectivity index (χ1v) is 6.67. The Labute approximate surface area is 111 Å². The molecule has 1 unspecified atom stereocenters. The van der Waals surface area contributed by atoms with Crippen molar-refractivity contribution in [3.8, 4) is 0 Å². The first-order valence-electron chi connectivity index (χ1n) is 5.31. The molecule has 0 aliphatic rings. The molecule has 1 atom stereocenters. The fourth-order valence-electron chi connectivity index (χ4n) is 1.37. The normalized spacial score (nSPS) is 12.2. The molecule has 0 spiro atoms. The second-order valence-electron chi connectivity index (χ2n) is 3.46. The van der Waals surface area contributed by atoms with Crippen molar-refractivity contribution in [1.29, 1.82) is 0 Å². The summed E-state index contributed by atoms with van der Waals surface area (Å²) in [4.78, 5) is 12.4. The Kier molecular flexibility index (Phi) is 6.40. The van der Waals surface area contributed by atoms with E-state index in [9.17, 15) is 4.79 Å². The third-order valence-corrected chi connectivity index (χ3v) is 3.57. The predicted molar refractivity (Wildman–Crippen MR) is 71.7 cm³/mol. The Morgan fingerprint density at radius 1 is 1.59 bits per heavy atom. The maximum Gasteiger partial charge on any atom is 0.322 e. The van der Waals surface area contributed by atoms with Gasteiger partial charge in [-0.15, -0.1) is 11.8 Å². The molecule has 1 N–H and O–H groups in total. The van der Waals surface area contributed by atoms with Gasteiger partial charge in [-0.3, -0.25) is 4.79 Å². The van der Waals surface area contributed by atoms with Gasteiger partial charge < -0.3 is 10.1 Å². The maximum atomic E-state index is 11.3. The van der Waals surface area contributed by atoms with Crippen LogP contribution in [-0.4, -0.2) is 31.9 Å². The van der Waals surface area contributed by atoms with Gasteiger partial charge in [0.1, 0.15) is 6.04 Å². The van der Waals surface area contributed by atoms with Gasteiger partial charge in [-0.1, -0.05) is 17.7 Å². The second kappa shape index (κ2) is 7.58. The van der Waals surface area contributed by atoms with Gasteiger partial charge in [-0.2, -0.15) is 0 Å². The van der Waals surface area contributed by atoms with Gasteiger partial charge in [0.2, 0.25) is 0 Å². The quantitative estimate of drug-likeness (QED) is 0.639. The molecule has 0 radical (unpaired) electrons. The van der Waals surface area contributed by atoms with E-state index < -0.39 is 0 Å². The highest BCUT2D eigenvalue weighted by Crippen LogP contribution is 2.22. The molecule has 94 valence electrons. The van der Waals surface area contributed by atoms with E-state index in [2.05, 4.69) is 5.32 Å². The lowest BCUT2D eigenvalue weighted by Gasteiger charge is -2.12. The van der Waals surface area contributed by atoms with Crippen molar-refractivity contribution in [3.63, 3.8) is 0 Å². The molecule has 5 heteroatoms. The van der Waals surface area contributed by atoms with E-state index in [1.807, 2.05) is 24.3 Å². The fourth-order valence-corrected chi connectivity index (χ4v) is 2.60. The first kappa shape index (κ1) is 14.4. The molecule has 3 nitrogen and oxygen atoms in total. The Morgan fingerprint density at radius 3 is 2.94 bits per heavy atom. The summed E-state index contributed by atoms with van der Waals surface area (Å²) < 4.78 is 4.69. The van der Waals surface area contributed by atoms with Gasteiger partial charge in [-0.25, -0.2) is 0 Å². The molecule has 0 aliphatic heterocycles. The lowest BCUT2D eigenvalue weighted by Crippen LogP contribution is -2.35. The molecule has 0 saturated carbocycles. The zero-order valence-corrected chi connectivity index (χ0v) is 11.5. The van der Waals surface area contributed by atoms with Crippen LogP contribution in [0.15, 0.2) is 29.2 Å². The Morgan fingerprint density at radius 2 is 2.35 bits per heavy atom. The van der Waals surface area contributed by atoms with Crippen LogP contribution in [0, 0.1) is 0 Å². The highest BCUT2D eigenvalue weighted by atomic mass is 35.5. The van der Waals surface area contributed by atoms with Crippen LogP contribution in [-0.2, 0) is 9.53 Å². The SMILES string of the molecule is CNC(CCSc1cccc(Cl)c1)C(=O)OC. The van der Waals surface area contributed by atoms with E-state index in [4.69, 9.17) is 16.3 Å². The number of methoxy groups -OCH3 is 1. The maximum absolute atomic E-state index is 11.3. The lowest BCUT2D eigenvalue weighted by molar-refractivity contribution is -0.143. The zero-order valence-electron chi connectivity index (χ0n) is 9.90.